The van der Waals surface area contributed by atoms with Gasteiger partial charge in [0.05, 0.1) is 26.3 Å². The molecule has 0 radical (unpaired) electrons. The van der Waals surface area contributed by atoms with Gasteiger partial charge in [-0.25, -0.2) is 5.48 Å². The number of aromatic nitrogens is 1. The van der Waals surface area contributed by atoms with E-state index in [0.717, 1.165) is 5.56 Å². The summed E-state index contributed by atoms with van der Waals surface area (Å²) in [4.78, 5) is 21.2. The summed E-state index contributed by atoms with van der Waals surface area (Å²) in [5, 5.41) is 0.963. The molecule has 1 aromatic heterocycles. The first-order valence-corrected chi connectivity index (χ1v) is 7.09. The monoisotopic (exact) mass is 344 g/mol. The number of rotatable bonds is 4. The lowest BCUT2D eigenvalue weighted by atomic mass is 10.2. The van der Waals surface area contributed by atoms with E-state index < -0.39 is 5.91 Å². The van der Waals surface area contributed by atoms with Gasteiger partial charge in [-0.1, -0.05) is 40.9 Å². The molecular weight excluding hydrogens is 335 g/mol. The number of halogens is 3. The SMILES string of the molecule is Cc1cnc(CONC(=O)c2c(Cl)cccc2Cl)c(Cl)c1. The van der Waals surface area contributed by atoms with Crippen molar-refractivity contribution in [1.29, 1.82) is 0 Å². The lowest BCUT2D eigenvalue weighted by molar-refractivity contribution is 0.0222. The Morgan fingerprint density at radius 1 is 1.24 bits per heavy atom. The van der Waals surface area contributed by atoms with Crippen LogP contribution in [0.25, 0.3) is 0 Å². The van der Waals surface area contributed by atoms with Gasteiger partial charge in [0.1, 0.15) is 6.61 Å². The quantitative estimate of drug-likeness (QED) is 0.844. The minimum atomic E-state index is -0.533. The predicted octanol–water partition coefficient (Wildman–Crippen LogP) is 4.21. The number of amides is 1. The lowest BCUT2D eigenvalue weighted by Gasteiger charge is -2.09. The van der Waals surface area contributed by atoms with Crippen molar-refractivity contribution in [2.24, 2.45) is 0 Å². The Morgan fingerprint density at radius 3 is 2.52 bits per heavy atom. The van der Waals surface area contributed by atoms with Crippen LogP contribution in [-0.4, -0.2) is 10.9 Å². The number of benzene rings is 1. The van der Waals surface area contributed by atoms with Crippen molar-refractivity contribution in [3.8, 4) is 0 Å². The fourth-order valence-corrected chi connectivity index (χ4v) is 2.45. The third-order valence-electron chi connectivity index (χ3n) is 2.62. The summed E-state index contributed by atoms with van der Waals surface area (Å²) in [6.45, 7) is 1.91. The third kappa shape index (κ3) is 4.08. The Bertz CT molecular complexity index is 657. The van der Waals surface area contributed by atoms with E-state index in [9.17, 15) is 4.79 Å². The zero-order valence-electron chi connectivity index (χ0n) is 11.0. The van der Waals surface area contributed by atoms with Crippen LogP contribution in [0.4, 0.5) is 0 Å². The highest BCUT2D eigenvalue weighted by molar-refractivity contribution is 6.39. The predicted molar refractivity (Wildman–Crippen MR) is 82.7 cm³/mol. The molecule has 0 spiro atoms. The summed E-state index contributed by atoms with van der Waals surface area (Å²) >= 11 is 17.9. The van der Waals surface area contributed by atoms with Crippen molar-refractivity contribution < 1.29 is 9.63 Å². The molecule has 0 fully saturated rings. The molecule has 1 aromatic carbocycles. The molecule has 1 amide bonds. The van der Waals surface area contributed by atoms with Crippen LogP contribution in [-0.2, 0) is 11.4 Å². The van der Waals surface area contributed by atoms with Gasteiger partial charge in [-0.2, -0.15) is 0 Å². The first-order chi connectivity index (χ1) is 9.99. The summed E-state index contributed by atoms with van der Waals surface area (Å²) in [6.07, 6.45) is 1.66. The number of hydrogen-bond acceptors (Lipinski definition) is 3. The smallest absolute Gasteiger partial charge is 0.267 e. The van der Waals surface area contributed by atoms with Crippen LogP contribution in [0.15, 0.2) is 30.5 Å². The van der Waals surface area contributed by atoms with Gasteiger partial charge in [0.2, 0.25) is 0 Å². The molecule has 0 saturated carbocycles. The van der Waals surface area contributed by atoms with E-state index in [1.165, 1.54) is 0 Å². The highest BCUT2D eigenvalue weighted by Crippen LogP contribution is 2.24. The fourth-order valence-electron chi connectivity index (χ4n) is 1.60. The largest absolute Gasteiger partial charge is 0.277 e. The minimum absolute atomic E-state index is 0.0346. The Morgan fingerprint density at radius 2 is 1.90 bits per heavy atom. The van der Waals surface area contributed by atoms with E-state index in [4.69, 9.17) is 39.6 Å². The molecule has 0 saturated heterocycles. The number of aryl methyl sites for hydroxylation is 1. The number of hydrogen-bond donors (Lipinski definition) is 1. The molecule has 0 bridgehead atoms. The number of hydroxylamine groups is 1. The average Bonchev–Trinajstić information content (AvgIpc) is 2.41. The first kappa shape index (κ1) is 16.0. The number of pyridine rings is 1. The van der Waals surface area contributed by atoms with Crippen LogP contribution in [0.5, 0.6) is 0 Å². The normalized spacial score (nSPS) is 10.5. The molecule has 0 aliphatic carbocycles. The Balaban J connectivity index is 1.99. The maximum absolute atomic E-state index is 12.0. The van der Waals surface area contributed by atoms with Crippen molar-refractivity contribution in [2.45, 2.75) is 13.5 Å². The second-order valence-electron chi connectivity index (χ2n) is 4.26. The number of nitrogens with zero attached hydrogens (tertiary/aromatic N) is 1. The summed E-state index contributed by atoms with van der Waals surface area (Å²) in [7, 11) is 0. The summed E-state index contributed by atoms with van der Waals surface area (Å²) in [5.74, 6) is -0.533. The van der Waals surface area contributed by atoms with E-state index in [0.29, 0.717) is 10.7 Å². The van der Waals surface area contributed by atoms with Crippen LogP contribution in [0.1, 0.15) is 21.6 Å². The Kier molecular flexibility index (Phi) is 5.42. The molecule has 1 heterocycles. The van der Waals surface area contributed by atoms with Crippen molar-refractivity contribution in [3.63, 3.8) is 0 Å². The zero-order chi connectivity index (χ0) is 15.4. The molecule has 0 aliphatic rings. The van der Waals surface area contributed by atoms with Gasteiger partial charge in [0.15, 0.2) is 0 Å². The molecule has 110 valence electrons. The molecule has 4 nitrogen and oxygen atoms in total. The molecule has 0 aliphatic heterocycles. The molecule has 0 atom stereocenters. The van der Waals surface area contributed by atoms with Crippen molar-refractivity contribution in [2.75, 3.05) is 0 Å². The molecular formula is C14H11Cl3N2O2. The van der Waals surface area contributed by atoms with E-state index in [-0.39, 0.29) is 22.2 Å². The number of nitrogens with one attached hydrogen (secondary N) is 1. The molecule has 2 aromatic rings. The van der Waals surface area contributed by atoms with Crippen LogP contribution < -0.4 is 5.48 Å². The van der Waals surface area contributed by atoms with Gasteiger partial charge < -0.3 is 0 Å². The molecule has 21 heavy (non-hydrogen) atoms. The summed E-state index contributed by atoms with van der Waals surface area (Å²) < 4.78 is 0. The van der Waals surface area contributed by atoms with E-state index >= 15 is 0 Å². The van der Waals surface area contributed by atoms with Gasteiger partial charge in [-0.15, -0.1) is 0 Å². The van der Waals surface area contributed by atoms with E-state index in [2.05, 4.69) is 10.5 Å². The molecule has 0 unspecified atom stereocenters. The van der Waals surface area contributed by atoms with Gasteiger partial charge in [-0.3, -0.25) is 14.6 Å². The van der Waals surface area contributed by atoms with Crippen LogP contribution in [0.3, 0.4) is 0 Å². The second-order valence-corrected chi connectivity index (χ2v) is 5.48. The van der Waals surface area contributed by atoms with E-state index in [1.54, 1.807) is 30.5 Å². The molecule has 2 rings (SSSR count). The summed E-state index contributed by atoms with van der Waals surface area (Å²) in [5.41, 5.74) is 3.88. The maximum atomic E-state index is 12.0. The van der Waals surface area contributed by atoms with Crippen LogP contribution in [0.2, 0.25) is 15.1 Å². The first-order valence-electron chi connectivity index (χ1n) is 5.96. The molecule has 7 heteroatoms. The number of carbonyl (C=O) groups excluding carboxylic acids is 1. The van der Waals surface area contributed by atoms with Gasteiger partial charge in [-0.05, 0) is 30.7 Å². The van der Waals surface area contributed by atoms with Crippen LogP contribution in [0, 0.1) is 6.92 Å². The second kappa shape index (κ2) is 7.09. The van der Waals surface area contributed by atoms with Crippen molar-refractivity contribution in [3.05, 3.63) is 62.4 Å². The third-order valence-corrected chi connectivity index (χ3v) is 3.57. The lowest BCUT2D eigenvalue weighted by Crippen LogP contribution is -2.24. The molecule has 1 N–H and O–H groups in total. The average molecular weight is 346 g/mol. The standard InChI is InChI=1S/C14H11Cl3N2O2/c1-8-5-11(17)12(18-6-8)7-21-19-14(20)13-9(15)3-2-4-10(13)16/h2-6H,7H2,1H3,(H,19,20). The van der Waals surface area contributed by atoms with E-state index in [1.807, 2.05) is 6.92 Å². The van der Waals surface area contributed by atoms with Gasteiger partial charge in [0, 0.05) is 6.20 Å². The zero-order valence-corrected chi connectivity index (χ0v) is 13.3. The van der Waals surface area contributed by atoms with Gasteiger partial charge in [0.25, 0.3) is 5.91 Å². The maximum Gasteiger partial charge on any atom is 0.277 e. The fraction of sp³-hybridized carbons (Fsp3) is 0.143. The Hall–Kier alpha value is -1.33. The van der Waals surface area contributed by atoms with Crippen molar-refractivity contribution >= 4 is 40.7 Å². The summed E-state index contributed by atoms with van der Waals surface area (Å²) in [6, 6.07) is 6.56. The van der Waals surface area contributed by atoms with Gasteiger partial charge >= 0.3 is 0 Å². The van der Waals surface area contributed by atoms with Crippen LogP contribution >= 0.6 is 34.8 Å². The minimum Gasteiger partial charge on any atom is -0.267 e. The highest BCUT2D eigenvalue weighted by Gasteiger charge is 2.14. The number of carbonyl (C=O) groups is 1. The Labute approximate surface area is 136 Å². The van der Waals surface area contributed by atoms with Crippen molar-refractivity contribution in [1.82, 2.24) is 10.5 Å². The topological polar surface area (TPSA) is 51.2 Å². The highest BCUT2D eigenvalue weighted by atomic mass is 35.5.